The van der Waals surface area contributed by atoms with Gasteiger partial charge < -0.3 is 14.6 Å². The first kappa shape index (κ1) is 21.0. The van der Waals surface area contributed by atoms with Crippen LogP contribution >= 0.6 is 0 Å². The monoisotopic (exact) mass is 440 g/mol. The van der Waals surface area contributed by atoms with Crippen molar-refractivity contribution in [3.63, 3.8) is 0 Å². The standard InChI is InChI=1S/C24H25BN6O2/c25-20-16-28-31-22(27-15-17-3-1-9-26-14-17)13-21(29-24(20)31)18-7-10-30(11-8-18)23(32)6-5-19-4-2-12-33-19/h1-6,9,12-14,16,18,27H,7-8,10-11,15,25H2/b6-5+. The van der Waals surface area contributed by atoms with E-state index in [2.05, 4.69) is 21.5 Å². The van der Waals surface area contributed by atoms with Gasteiger partial charge in [-0.1, -0.05) is 6.07 Å². The van der Waals surface area contributed by atoms with Gasteiger partial charge in [-0.05, 0) is 48.1 Å². The third-order valence-electron chi connectivity index (χ3n) is 6.02. The minimum atomic E-state index is 0.0127. The number of hydrogen-bond donors (Lipinski definition) is 1. The number of amides is 1. The van der Waals surface area contributed by atoms with Crippen molar-refractivity contribution in [3.05, 3.63) is 78.3 Å². The van der Waals surface area contributed by atoms with Crippen molar-refractivity contribution in [2.75, 3.05) is 18.4 Å². The normalized spacial score (nSPS) is 14.8. The minimum absolute atomic E-state index is 0.0127. The van der Waals surface area contributed by atoms with Gasteiger partial charge in [0.15, 0.2) is 5.65 Å². The molecular weight excluding hydrogens is 415 g/mol. The van der Waals surface area contributed by atoms with Crippen LogP contribution in [-0.2, 0) is 11.3 Å². The fraction of sp³-hybridized carbons (Fsp3) is 0.250. The Kier molecular flexibility index (Phi) is 5.93. The number of rotatable bonds is 6. The zero-order valence-electron chi connectivity index (χ0n) is 18.5. The van der Waals surface area contributed by atoms with Crippen LogP contribution in [0.3, 0.4) is 0 Å². The second-order valence-electron chi connectivity index (χ2n) is 8.29. The van der Waals surface area contributed by atoms with Crippen LogP contribution in [0.5, 0.6) is 0 Å². The van der Waals surface area contributed by atoms with Crippen molar-refractivity contribution in [3.8, 4) is 0 Å². The summed E-state index contributed by atoms with van der Waals surface area (Å²) in [5.41, 5.74) is 4.04. The van der Waals surface area contributed by atoms with Gasteiger partial charge in [0.2, 0.25) is 5.91 Å². The predicted molar refractivity (Wildman–Crippen MR) is 129 cm³/mol. The van der Waals surface area contributed by atoms with Crippen molar-refractivity contribution in [2.45, 2.75) is 25.3 Å². The molecule has 1 amide bonds. The van der Waals surface area contributed by atoms with E-state index in [0.29, 0.717) is 31.3 Å². The number of furan rings is 1. The molecule has 1 aliphatic rings. The molecule has 0 atom stereocenters. The molecule has 0 unspecified atom stereocenters. The molecule has 8 nitrogen and oxygen atoms in total. The third-order valence-corrected chi connectivity index (χ3v) is 6.02. The molecule has 1 fully saturated rings. The SMILES string of the molecule is Bc1cnn2c(NCc3cccnc3)cc(C3CCN(C(=O)/C=C/c4ccco4)CC3)nc12. The summed E-state index contributed by atoms with van der Waals surface area (Å²) >= 11 is 0. The van der Waals surface area contributed by atoms with Gasteiger partial charge in [0.25, 0.3) is 0 Å². The highest BCUT2D eigenvalue weighted by Gasteiger charge is 2.25. The fourth-order valence-electron chi connectivity index (χ4n) is 4.16. The molecule has 0 bridgehead atoms. The van der Waals surface area contributed by atoms with Crippen LogP contribution in [0.2, 0.25) is 0 Å². The van der Waals surface area contributed by atoms with E-state index in [4.69, 9.17) is 9.40 Å². The molecule has 9 heteroatoms. The summed E-state index contributed by atoms with van der Waals surface area (Å²) in [6.45, 7) is 2.06. The lowest BCUT2D eigenvalue weighted by Gasteiger charge is -2.31. The van der Waals surface area contributed by atoms with E-state index in [0.717, 1.165) is 41.0 Å². The molecule has 0 aliphatic carbocycles. The fourth-order valence-corrected chi connectivity index (χ4v) is 4.16. The Labute approximate surface area is 192 Å². The third kappa shape index (κ3) is 4.67. The van der Waals surface area contributed by atoms with E-state index in [9.17, 15) is 4.79 Å². The Bertz CT molecular complexity index is 1260. The maximum absolute atomic E-state index is 12.6. The molecule has 1 N–H and O–H groups in total. The Morgan fingerprint density at radius 2 is 2.12 bits per heavy atom. The molecule has 5 heterocycles. The van der Waals surface area contributed by atoms with Gasteiger partial charge in [-0.2, -0.15) is 9.61 Å². The number of carbonyl (C=O) groups is 1. The summed E-state index contributed by atoms with van der Waals surface area (Å²) in [4.78, 5) is 23.6. The van der Waals surface area contributed by atoms with Gasteiger partial charge in [0.05, 0.1) is 6.26 Å². The Morgan fingerprint density at radius 3 is 2.88 bits per heavy atom. The van der Waals surface area contributed by atoms with E-state index in [1.165, 1.54) is 0 Å². The number of pyridine rings is 1. The summed E-state index contributed by atoms with van der Waals surface area (Å²) in [6.07, 6.45) is 12.1. The molecule has 5 rings (SSSR count). The molecular formula is C24H25BN6O2. The summed E-state index contributed by atoms with van der Waals surface area (Å²) in [5.74, 6) is 1.89. The topological polar surface area (TPSA) is 88.6 Å². The van der Waals surface area contributed by atoms with Crippen LogP contribution in [0.4, 0.5) is 5.82 Å². The van der Waals surface area contributed by atoms with Gasteiger partial charge in [-0.15, -0.1) is 0 Å². The highest BCUT2D eigenvalue weighted by atomic mass is 16.3. The van der Waals surface area contributed by atoms with Crippen LogP contribution in [0.15, 0.2) is 65.7 Å². The largest absolute Gasteiger partial charge is 0.465 e. The Morgan fingerprint density at radius 1 is 1.24 bits per heavy atom. The van der Waals surface area contributed by atoms with Gasteiger partial charge in [0.1, 0.15) is 19.4 Å². The number of nitrogens with one attached hydrogen (secondary N) is 1. The Balaban J connectivity index is 1.29. The highest BCUT2D eigenvalue weighted by Crippen LogP contribution is 2.29. The molecule has 33 heavy (non-hydrogen) atoms. The molecule has 1 saturated heterocycles. The number of fused-ring (bicyclic) bond motifs is 1. The lowest BCUT2D eigenvalue weighted by Crippen LogP contribution is -2.37. The zero-order chi connectivity index (χ0) is 22.6. The number of hydrogen-bond acceptors (Lipinski definition) is 6. The molecule has 0 radical (unpaired) electrons. The summed E-state index contributed by atoms with van der Waals surface area (Å²) in [5, 5.41) is 7.99. The first-order valence-electron chi connectivity index (χ1n) is 11.2. The molecule has 0 aromatic carbocycles. The van der Waals surface area contributed by atoms with Crippen LogP contribution in [0.1, 0.15) is 35.8 Å². The van der Waals surface area contributed by atoms with Crippen molar-refractivity contribution >= 4 is 36.8 Å². The van der Waals surface area contributed by atoms with E-state index in [-0.39, 0.29) is 5.91 Å². The van der Waals surface area contributed by atoms with Crippen molar-refractivity contribution in [1.82, 2.24) is 24.5 Å². The van der Waals surface area contributed by atoms with Gasteiger partial charge >= 0.3 is 0 Å². The second-order valence-corrected chi connectivity index (χ2v) is 8.29. The number of nitrogens with zero attached hydrogens (tertiary/aromatic N) is 5. The lowest BCUT2D eigenvalue weighted by molar-refractivity contribution is -0.127. The van der Waals surface area contributed by atoms with Crippen molar-refractivity contribution in [1.29, 1.82) is 0 Å². The predicted octanol–water partition coefficient (Wildman–Crippen LogP) is 2.01. The number of anilines is 1. The Hall–Kier alpha value is -3.88. The zero-order valence-corrected chi connectivity index (χ0v) is 18.5. The average molecular weight is 440 g/mol. The second kappa shape index (κ2) is 9.32. The average Bonchev–Trinajstić information content (AvgIpc) is 3.52. The van der Waals surface area contributed by atoms with Gasteiger partial charge in [0, 0.05) is 62.0 Å². The minimum Gasteiger partial charge on any atom is -0.465 e. The van der Waals surface area contributed by atoms with Gasteiger partial charge in [-0.3, -0.25) is 9.78 Å². The number of piperidine rings is 1. The van der Waals surface area contributed by atoms with Crippen LogP contribution in [-0.4, -0.2) is 51.3 Å². The van der Waals surface area contributed by atoms with Crippen molar-refractivity contribution < 1.29 is 9.21 Å². The molecule has 0 saturated carbocycles. The summed E-state index contributed by atoms with van der Waals surface area (Å²) in [6, 6.07) is 9.70. The summed E-state index contributed by atoms with van der Waals surface area (Å²) in [7, 11) is 2.02. The van der Waals surface area contributed by atoms with E-state index >= 15 is 0 Å². The maximum atomic E-state index is 12.6. The van der Waals surface area contributed by atoms with E-state index in [1.54, 1.807) is 24.6 Å². The summed E-state index contributed by atoms with van der Waals surface area (Å²) < 4.78 is 7.12. The first-order valence-corrected chi connectivity index (χ1v) is 11.2. The quantitative estimate of drug-likeness (QED) is 0.365. The smallest absolute Gasteiger partial charge is 0.246 e. The lowest BCUT2D eigenvalue weighted by atomic mass is 9.92. The van der Waals surface area contributed by atoms with Crippen LogP contribution < -0.4 is 10.8 Å². The molecule has 4 aromatic rings. The van der Waals surface area contributed by atoms with E-state index < -0.39 is 0 Å². The van der Waals surface area contributed by atoms with Gasteiger partial charge in [-0.25, -0.2) is 4.98 Å². The first-order chi connectivity index (χ1) is 16.2. The van der Waals surface area contributed by atoms with Crippen molar-refractivity contribution in [2.24, 2.45) is 0 Å². The van der Waals surface area contributed by atoms with Crippen LogP contribution in [0, 0.1) is 0 Å². The molecule has 1 aliphatic heterocycles. The van der Waals surface area contributed by atoms with E-state index in [1.807, 2.05) is 53.9 Å². The number of likely N-dealkylation sites (tertiary alicyclic amines) is 1. The molecule has 166 valence electrons. The number of carbonyl (C=O) groups excluding carboxylic acids is 1. The molecule has 0 spiro atoms. The maximum Gasteiger partial charge on any atom is 0.246 e. The highest BCUT2D eigenvalue weighted by molar-refractivity contribution is 6.36. The number of aromatic nitrogens is 4. The molecule has 4 aromatic heterocycles. The van der Waals surface area contributed by atoms with Crippen LogP contribution in [0.25, 0.3) is 11.7 Å².